The highest BCUT2D eigenvalue weighted by molar-refractivity contribution is 5.95. The third-order valence-corrected chi connectivity index (χ3v) is 4.03. The number of rotatable bonds is 3. The van der Waals surface area contributed by atoms with Gasteiger partial charge in [-0.05, 0) is 18.2 Å². The van der Waals surface area contributed by atoms with Gasteiger partial charge in [0, 0.05) is 32.2 Å². The normalized spacial score (nSPS) is 22.7. The molecule has 0 aliphatic carbocycles. The average Bonchev–Trinajstić information content (AvgIpc) is 2.96. The largest absolute Gasteiger partial charge is 0.454 e. The fourth-order valence-corrected chi connectivity index (χ4v) is 2.75. The van der Waals surface area contributed by atoms with Gasteiger partial charge in [0.2, 0.25) is 6.79 Å². The Bertz CT molecular complexity index is 579. The van der Waals surface area contributed by atoms with Gasteiger partial charge in [-0.15, -0.1) is 0 Å². The molecule has 1 atom stereocenters. The van der Waals surface area contributed by atoms with E-state index in [1.807, 2.05) is 0 Å². The molecule has 2 heterocycles. The zero-order valence-corrected chi connectivity index (χ0v) is 12.2. The number of fused-ring (bicyclic) bond motifs is 1. The van der Waals surface area contributed by atoms with Crippen molar-refractivity contribution in [2.24, 2.45) is 5.92 Å². The number of nitrogens with zero attached hydrogens (tertiary/aromatic N) is 1. The maximum absolute atomic E-state index is 13.8. The molecule has 2 aliphatic heterocycles. The molecule has 5 nitrogen and oxygen atoms in total. The van der Waals surface area contributed by atoms with E-state index in [1.165, 1.54) is 12.0 Å². The van der Waals surface area contributed by atoms with Crippen LogP contribution in [0.15, 0.2) is 18.2 Å². The highest BCUT2D eigenvalue weighted by Gasteiger charge is 2.45. The van der Waals surface area contributed by atoms with E-state index in [0.29, 0.717) is 17.1 Å². The van der Waals surface area contributed by atoms with Crippen molar-refractivity contribution in [1.29, 1.82) is 0 Å². The van der Waals surface area contributed by atoms with Gasteiger partial charge in [0.05, 0.1) is 12.5 Å². The molecule has 0 radical (unpaired) electrons. The first-order valence-corrected chi connectivity index (χ1v) is 7.07. The van der Waals surface area contributed by atoms with E-state index in [1.54, 1.807) is 18.2 Å². The van der Waals surface area contributed by atoms with Gasteiger partial charge in [0.1, 0.15) is 0 Å². The van der Waals surface area contributed by atoms with Crippen molar-refractivity contribution in [3.8, 4) is 11.5 Å². The topological polar surface area (TPSA) is 48.0 Å². The molecule has 1 fully saturated rings. The second-order valence-electron chi connectivity index (χ2n) is 5.48. The lowest BCUT2D eigenvalue weighted by molar-refractivity contribution is -0.117. The van der Waals surface area contributed by atoms with E-state index >= 15 is 0 Å². The summed E-state index contributed by atoms with van der Waals surface area (Å²) >= 11 is 0. The molecule has 0 aromatic heterocycles. The van der Waals surface area contributed by atoms with E-state index in [0.717, 1.165) is 0 Å². The molecule has 0 saturated carbocycles. The number of amides is 1. The zero-order valence-electron chi connectivity index (χ0n) is 12.2. The van der Waals surface area contributed by atoms with Crippen LogP contribution in [0.2, 0.25) is 0 Å². The predicted octanol–water partition coefficient (Wildman–Crippen LogP) is 2.16. The number of alkyl halides is 2. The maximum Gasteiger partial charge on any atom is 0.256 e. The standard InChI is InChI=1S/C15H17F2NO4/c1-20-8-11-7-18(5-4-15(11,16)17)14(19)10-2-3-12-13(6-10)22-9-21-12/h2-3,6,11H,4-5,7-9H2,1H3. The second-order valence-corrected chi connectivity index (χ2v) is 5.48. The monoisotopic (exact) mass is 313 g/mol. The molecular formula is C15H17F2NO4. The molecule has 7 heteroatoms. The number of halogens is 2. The summed E-state index contributed by atoms with van der Waals surface area (Å²) in [5.74, 6) is -2.98. The molecule has 1 aromatic rings. The van der Waals surface area contributed by atoms with Crippen LogP contribution in [-0.4, -0.2) is 50.3 Å². The molecule has 0 N–H and O–H groups in total. The molecular weight excluding hydrogens is 296 g/mol. The summed E-state index contributed by atoms with van der Waals surface area (Å²) in [4.78, 5) is 13.9. The Balaban J connectivity index is 1.75. The van der Waals surface area contributed by atoms with Crippen molar-refractivity contribution < 1.29 is 27.8 Å². The van der Waals surface area contributed by atoms with Crippen molar-refractivity contribution in [1.82, 2.24) is 4.90 Å². The Labute approximate surface area is 126 Å². The van der Waals surface area contributed by atoms with E-state index in [9.17, 15) is 13.6 Å². The lowest BCUT2D eigenvalue weighted by atomic mass is 9.93. The third kappa shape index (κ3) is 2.72. The quantitative estimate of drug-likeness (QED) is 0.858. The Morgan fingerprint density at radius 3 is 2.95 bits per heavy atom. The molecule has 1 aromatic carbocycles. The van der Waals surface area contributed by atoms with Crippen molar-refractivity contribution in [3.05, 3.63) is 23.8 Å². The SMILES string of the molecule is COCC1CN(C(=O)c2ccc3c(c2)OCO3)CCC1(F)F. The summed E-state index contributed by atoms with van der Waals surface area (Å²) in [5.41, 5.74) is 0.408. The van der Waals surface area contributed by atoms with Gasteiger partial charge < -0.3 is 19.1 Å². The summed E-state index contributed by atoms with van der Waals surface area (Å²) in [6.45, 7) is 0.0609. The van der Waals surface area contributed by atoms with Crippen LogP contribution in [0.3, 0.4) is 0 Å². The highest BCUT2D eigenvalue weighted by Crippen LogP contribution is 2.36. The number of carbonyl (C=O) groups is 1. The van der Waals surface area contributed by atoms with Crippen LogP contribution < -0.4 is 9.47 Å². The van der Waals surface area contributed by atoms with Crippen LogP contribution in [0, 0.1) is 5.92 Å². The molecule has 0 spiro atoms. The summed E-state index contributed by atoms with van der Waals surface area (Å²) in [6.07, 6.45) is -0.350. The number of benzene rings is 1. The lowest BCUT2D eigenvalue weighted by Crippen LogP contribution is -2.50. The fourth-order valence-electron chi connectivity index (χ4n) is 2.75. The van der Waals surface area contributed by atoms with Crippen LogP contribution in [0.5, 0.6) is 11.5 Å². The van der Waals surface area contributed by atoms with Gasteiger partial charge in [-0.1, -0.05) is 0 Å². The first-order valence-electron chi connectivity index (χ1n) is 7.07. The van der Waals surface area contributed by atoms with Crippen LogP contribution in [-0.2, 0) is 4.74 Å². The van der Waals surface area contributed by atoms with Crippen LogP contribution in [0.1, 0.15) is 16.8 Å². The van der Waals surface area contributed by atoms with Gasteiger partial charge in [0.15, 0.2) is 11.5 Å². The minimum atomic E-state index is -2.80. The number of carbonyl (C=O) groups excluding carboxylic acids is 1. The predicted molar refractivity (Wildman–Crippen MR) is 73.4 cm³/mol. The Kier molecular flexibility index (Phi) is 3.90. The zero-order chi connectivity index (χ0) is 15.7. The van der Waals surface area contributed by atoms with Gasteiger partial charge in [-0.3, -0.25) is 4.79 Å². The van der Waals surface area contributed by atoms with Crippen molar-refractivity contribution >= 4 is 5.91 Å². The lowest BCUT2D eigenvalue weighted by Gasteiger charge is -2.38. The number of likely N-dealkylation sites (tertiary alicyclic amines) is 1. The van der Waals surface area contributed by atoms with E-state index in [2.05, 4.69) is 0 Å². The van der Waals surface area contributed by atoms with Crippen LogP contribution in [0.25, 0.3) is 0 Å². The average molecular weight is 313 g/mol. The first-order chi connectivity index (χ1) is 10.5. The highest BCUT2D eigenvalue weighted by atomic mass is 19.3. The summed E-state index contributed by atoms with van der Waals surface area (Å²) < 4.78 is 42.9. The number of methoxy groups -OCH3 is 1. The molecule has 0 bridgehead atoms. The molecule has 3 rings (SSSR count). The number of hydrogen-bond donors (Lipinski definition) is 0. The molecule has 1 saturated heterocycles. The Morgan fingerprint density at radius 1 is 1.41 bits per heavy atom. The third-order valence-electron chi connectivity index (χ3n) is 4.03. The molecule has 1 unspecified atom stereocenters. The first kappa shape index (κ1) is 15.0. The Morgan fingerprint density at radius 2 is 2.18 bits per heavy atom. The number of ether oxygens (including phenoxy) is 3. The molecule has 120 valence electrons. The molecule has 1 amide bonds. The minimum Gasteiger partial charge on any atom is -0.454 e. The second kappa shape index (κ2) is 5.72. The van der Waals surface area contributed by atoms with E-state index in [-0.39, 0.29) is 38.8 Å². The Hall–Kier alpha value is -1.89. The minimum absolute atomic E-state index is 0.0197. The van der Waals surface area contributed by atoms with Gasteiger partial charge >= 0.3 is 0 Å². The van der Waals surface area contributed by atoms with E-state index < -0.39 is 11.8 Å². The van der Waals surface area contributed by atoms with Gasteiger partial charge in [-0.2, -0.15) is 0 Å². The van der Waals surface area contributed by atoms with Crippen molar-refractivity contribution in [3.63, 3.8) is 0 Å². The van der Waals surface area contributed by atoms with Crippen molar-refractivity contribution in [2.75, 3.05) is 33.6 Å². The van der Waals surface area contributed by atoms with Crippen LogP contribution in [0.4, 0.5) is 8.78 Å². The maximum atomic E-state index is 13.8. The summed E-state index contributed by atoms with van der Waals surface area (Å²) in [7, 11) is 1.38. The smallest absolute Gasteiger partial charge is 0.256 e. The number of hydrogen-bond acceptors (Lipinski definition) is 4. The van der Waals surface area contributed by atoms with Crippen LogP contribution >= 0.6 is 0 Å². The summed E-state index contributed by atoms with van der Waals surface area (Å²) in [5, 5.41) is 0. The fraction of sp³-hybridized carbons (Fsp3) is 0.533. The van der Waals surface area contributed by atoms with Crippen molar-refractivity contribution in [2.45, 2.75) is 12.3 Å². The molecule has 22 heavy (non-hydrogen) atoms. The number of piperidine rings is 1. The summed E-state index contributed by atoms with van der Waals surface area (Å²) in [6, 6.07) is 4.86. The van der Waals surface area contributed by atoms with Gasteiger partial charge in [0.25, 0.3) is 11.8 Å². The van der Waals surface area contributed by atoms with Gasteiger partial charge in [-0.25, -0.2) is 8.78 Å². The van der Waals surface area contributed by atoms with E-state index in [4.69, 9.17) is 14.2 Å². The molecule has 2 aliphatic rings.